The summed E-state index contributed by atoms with van der Waals surface area (Å²) in [5.41, 5.74) is 7.92. The Kier molecular flexibility index (Phi) is 5.14. The van der Waals surface area contributed by atoms with Crippen molar-refractivity contribution < 1.29 is 9.59 Å². The van der Waals surface area contributed by atoms with E-state index in [-0.39, 0.29) is 5.91 Å². The quantitative estimate of drug-likeness (QED) is 0.792. The molecule has 3 N–H and O–H groups in total. The predicted molar refractivity (Wildman–Crippen MR) is 98.4 cm³/mol. The van der Waals surface area contributed by atoms with Gasteiger partial charge in [0.05, 0.1) is 0 Å². The third-order valence-corrected chi connectivity index (χ3v) is 4.22. The van der Waals surface area contributed by atoms with Gasteiger partial charge in [-0.1, -0.05) is 48.6 Å². The number of rotatable bonds is 6. The van der Waals surface area contributed by atoms with E-state index in [4.69, 9.17) is 5.73 Å². The smallest absolute Gasteiger partial charge is 0.252 e. The van der Waals surface area contributed by atoms with E-state index < -0.39 is 11.9 Å². The molecule has 0 saturated carbocycles. The first kappa shape index (κ1) is 16.8. The Bertz CT molecular complexity index is 779. The zero-order chi connectivity index (χ0) is 17.6. The second kappa shape index (κ2) is 7.66. The van der Waals surface area contributed by atoms with Crippen LogP contribution in [0, 0.1) is 0 Å². The van der Waals surface area contributed by atoms with Crippen molar-refractivity contribution in [3.63, 3.8) is 0 Å². The minimum Gasteiger partial charge on any atom is -0.368 e. The van der Waals surface area contributed by atoms with E-state index in [1.54, 1.807) is 6.07 Å². The van der Waals surface area contributed by atoms with Crippen LogP contribution in [0.1, 0.15) is 15.9 Å². The van der Waals surface area contributed by atoms with Gasteiger partial charge in [0.1, 0.15) is 6.04 Å². The van der Waals surface area contributed by atoms with E-state index in [0.29, 0.717) is 12.0 Å². The summed E-state index contributed by atoms with van der Waals surface area (Å²) in [6, 6.07) is 16.1. The molecule has 5 heteroatoms. The second-order valence-electron chi connectivity index (χ2n) is 6.04. The van der Waals surface area contributed by atoms with E-state index in [2.05, 4.69) is 22.4 Å². The van der Waals surface area contributed by atoms with Gasteiger partial charge >= 0.3 is 0 Å². The molecule has 1 aliphatic heterocycles. The third kappa shape index (κ3) is 4.26. The van der Waals surface area contributed by atoms with Crippen molar-refractivity contribution in [1.29, 1.82) is 0 Å². The molecule has 0 aliphatic carbocycles. The summed E-state index contributed by atoms with van der Waals surface area (Å²) >= 11 is 0. The molecule has 2 aromatic carbocycles. The highest BCUT2D eigenvalue weighted by molar-refractivity contribution is 5.98. The lowest BCUT2D eigenvalue weighted by molar-refractivity contribution is -0.119. The SMILES string of the molecule is NC(=O)[C@H](Cc1ccccc1)NC(=O)c1cccc(N2CC=CC2)c1. The molecule has 3 rings (SSSR count). The van der Waals surface area contributed by atoms with Crippen molar-refractivity contribution in [1.82, 2.24) is 5.32 Å². The summed E-state index contributed by atoms with van der Waals surface area (Å²) in [5, 5.41) is 2.75. The van der Waals surface area contributed by atoms with Crippen molar-refractivity contribution in [2.24, 2.45) is 5.73 Å². The molecule has 1 aliphatic rings. The maximum absolute atomic E-state index is 12.6. The van der Waals surface area contributed by atoms with Gasteiger partial charge in [-0.15, -0.1) is 0 Å². The van der Waals surface area contributed by atoms with Crippen LogP contribution in [0.15, 0.2) is 66.7 Å². The van der Waals surface area contributed by atoms with E-state index in [1.165, 1.54) is 0 Å². The highest BCUT2D eigenvalue weighted by atomic mass is 16.2. The molecule has 0 saturated heterocycles. The molecule has 2 aromatic rings. The Morgan fingerprint density at radius 2 is 1.76 bits per heavy atom. The van der Waals surface area contributed by atoms with E-state index >= 15 is 0 Å². The number of primary amides is 1. The normalized spacial score (nSPS) is 14.3. The number of anilines is 1. The summed E-state index contributed by atoms with van der Waals surface area (Å²) in [6.45, 7) is 1.67. The van der Waals surface area contributed by atoms with Crippen LogP contribution in [0.3, 0.4) is 0 Å². The Hall–Kier alpha value is -3.08. The number of nitrogens with one attached hydrogen (secondary N) is 1. The fraction of sp³-hybridized carbons (Fsp3) is 0.200. The van der Waals surface area contributed by atoms with E-state index in [0.717, 1.165) is 24.3 Å². The molecule has 1 heterocycles. The van der Waals surface area contributed by atoms with Crippen molar-refractivity contribution in [3.05, 3.63) is 77.9 Å². The number of amides is 2. The molecule has 1 atom stereocenters. The molecular weight excluding hydrogens is 314 g/mol. The van der Waals surface area contributed by atoms with Gasteiger partial charge in [-0.3, -0.25) is 9.59 Å². The summed E-state index contributed by atoms with van der Waals surface area (Å²) in [6.07, 6.45) is 4.56. The van der Waals surface area contributed by atoms with Gasteiger partial charge in [0, 0.05) is 30.8 Å². The summed E-state index contributed by atoms with van der Waals surface area (Å²) < 4.78 is 0. The number of nitrogens with zero attached hydrogens (tertiary/aromatic N) is 1. The van der Waals surface area contributed by atoms with Crippen LogP contribution < -0.4 is 16.0 Å². The topological polar surface area (TPSA) is 75.4 Å². The van der Waals surface area contributed by atoms with Gasteiger partial charge in [0.15, 0.2) is 0 Å². The fourth-order valence-corrected chi connectivity index (χ4v) is 2.85. The van der Waals surface area contributed by atoms with Gasteiger partial charge < -0.3 is 16.0 Å². The molecule has 0 bridgehead atoms. The van der Waals surface area contributed by atoms with Crippen molar-refractivity contribution >= 4 is 17.5 Å². The Morgan fingerprint density at radius 1 is 1.04 bits per heavy atom. The van der Waals surface area contributed by atoms with Crippen LogP contribution in [-0.4, -0.2) is 30.9 Å². The van der Waals surface area contributed by atoms with Crippen molar-refractivity contribution in [2.45, 2.75) is 12.5 Å². The maximum atomic E-state index is 12.6. The molecule has 0 radical (unpaired) electrons. The molecule has 0 spiro atoms. The third-order valence-electron chi connectivity index (χ3n) is 4.22. The Labute approximate surface area is 147 Å². The van der Waals surface area contributed by atoms with Gasteiger partial charge in [-0.2, -0.15) is 0 Å². The molecule has 0 fully saturated rings. The number of hydrogen-bond donors (Lipinski definition) is 2. The second-order valence-corrected chi connectivity index (χ2v) is 6.04. The van der Waals surface area contributed by atoms with Gasteiger partial charge in [-0.25, -0.2) is 0 Å². The fourth-order valence-electron chi connectivity index (χ4n) is 2.85. The Balaban J connectivity index is 1.71. The monoisotopic (exact) mass is 335 g/mol. The van der Waals surface area contributed by atoms with Crippen LogP contribution in [-0.2, 0) is 11.2 Å². The average Bonchev–Trinajstić information content (AvgIpc) is 3.17. The number of nitrogens with two attached hydrogens (primary N) is 1. The first-order valence-electron chi connectivity index (χ1n) is 8.27. The largest absolute Gasteiger partial charge is 0.368 e. The molecule has 0 unspecified atom stereocenters. The first-order valence-corrected chi connectivity index (χ1v) is 8.27. The zero-order valence-corrected chi connectivity index (χ0v) is 13.9. The molecule has 0 aromatic heterocycles. The van der Waals surface area contributed by atoms with Gasteiger partial charge in [0.25, 0.3) is 5.91 Å². The van der Waals surface area contributed by atoms with Crippen LogP contribution in [0.25, 0.3) is 0 Å². The number of benzene rings is 2. The van der Waals surface area contributed by atoms with E-state index in [1.807, 2.05) is 48.5 Å². The molecule has 2 amide bonds. The first-order chi connectivity index (χ1) is 12.1. The molecular formula is C20H21N3O2. The minimum atomic E-state index is -0.744. The molecule has 128 valence electrons. The van der Waals surface area contributed by atoms with Crippen LogP contribution in [0.2, 0.25) is 0 Å². The summed E-state index contributed by atoms with van der Waals surface area (Å²) in [5.74, 6) is -0.842. The average molecular weight is 335 g/mol. The standard InChI is InChI=1S/C20H21N3O2/c21-19(24)18(13-15-7-2-1-3-8-15)22-20(25)16-9-6-10-17(14-16)23-11-4-5-12-23/h1-10,14,18H,11-13H2,(H2,21,24)(H,22,25)/t18-/m0/s1. The zero-order valence-electron chi connectivity index (χ0n) is 13.9. The Morgan fingerprint density at radius 3 is 2.44 bits per heavy atom. The number of carbonyl (C=O) groups is 2. The summed E-state index contributed by atoms with van der Waals surface area (Å²) in [7, 11) is 0. The van der Waals surface area contributed by atoms with Crippen LogP contribution >= 0.6 is 0 Å². The number of carbonyl (C=O) groups excluding carboxylic acids is 2. The highest BCUT2D eigenvalue weighted by Crippen LogP contribution is 2.18. The maximum Gasteiger partial charge on any atom is 0.252 e. The summed E-state index contributed by atoms with van der Waals surface area (Å²) in [4.78, 5) is 26.5. The van der Waals surface area contributed by atoms with E-state index in [9.17, 15) is 9.59 Å². The lowest BCUT2D eigenvalue weighted by Gasteiger charge is -2.19. The minimum absolute atomic E-state index is 0.297. The molecule has 5 nitrogen and oxygen atoms in total. The lowest BCUT2D eigenvalue weighted by Crippen LogP contribution is -2.45. The predicted octanol–water partition coefficient (Wildman–Crippen LogP) is 1.89. The van der Waals surface area contributed by atoms with Gasteiger partial charge in [0.2, 0.25) is 5.91 Å². The van der Waals surface area contributed by atoms with Crippen LogP contribution in [0.5, 0.6) is 0 Å². The number of hydrogen-bond acceptors (Lipinski definition) is 3. The van der Waals surface area contributed by atoms with Gasteiger partial charge in [-0.05, 0) is 23.8 Å². The van der Waals surface area contributed by atoms with Crippen LogP contribution in [0.4, 0.5) is 5.69 Å². The van der Waals surface area contributed by atoms with Crippen molar-refractivity contribution in [2.75, 3.05) is 18.0 Å². The van der Waals surface area contributed by atoms with Crippen molar-refractivity contribution in [3.8, 4) is 0 Å². The highest BCUT2D eigenvalue weighted by Gasteiger charge is 2.20. The lowest BCUT2D eigenvalue weighted by atomic mass is 10.0. The molecule has 25 heavy (non-hydrogen) atoms.